The van der Waals surface area contributed by atoms with E-state index in [4.69, 9.17) is 22.1 Å². The molecule has 0 amide bonds. The first kappa shape index (κ1) is 12.0. The Morgan fingerprint density at radius 1 is 1.38 bits per heavy atom. The van der Waals surface area contributed by atoms with Crippen LogP contribution in [0, 0.1) is 0 Å². The topological polar surface area (TPSA) is 114 Å². The van der Waals surface area contributed by atoms with Gasteiger partial charge in [-0.15, -0.1) is 0 Å². The molecule has 16 heavy (non-hydrogen) atoms. The molecule has 0 bridgehead atoms. The van der Waals surface area contributed by atoms with Gasteiger partial charge in [0.1, 0.15) is 23.9 Å². The summed E-state index contributed by atoms with van der Waals surface area (Å²) in [6, 6.07) is 0. The van der Waals surface area contributed by atoms with Crippen molar-refractivity contribution in [1.82, 2.24) is 10.6 Å². The molecule has 0 unspecified atom stereocenters. The zero-order valence-electron chi connectivity index (χ0n) is 8.33. The number of ether oxygens (including phenoxy) is 1. The largest absolute Gasteiger partial charge is 0.394 e. The summed E-state index contributed by atoms with van der Waals surface area (Å²) in [5, 5.41) is 44.1. The van der Waals surface area contributed by atoms with Crippen molar-refractivity contribution in [3.63, 3.8) is 0 Å². The van der Waals surface area contributed by atoms with E-state index in [1.54, 1.807) is 0 Å². The first-order valence-corrected chi connectivity index (χ1v) is 5.28. The van der Waals surface area contributed by atoms with Crippen LogP contribution in [0.4, 0.5) is 0 Å². The Kier molecular flexibility index (Phi) is 3.03. The van der Waals surface area contributed by atoms with Crippen LogP contribution in [-0.2, 0) is 4.74 Å². The molecule has 1 spiro atoms. The highest BCUT2D eigenvalue weighted by molar-refractivity contribution is 7.80. The minimum atomic E-state index is -1.48. The van der Waals surface area contributed by atoms with E-state index in [0.717, 1.165) is 0 Å². The van der Waals surface area contributed by atoms with Crippen molar-refractivity contribution in [2.45, 2.75) is 30.1 Å². The van der Waals surface area contributed by atoms with Gasteiger partial charge in [0.05, 0.1) is 6.61 Å². The van der Waals surface area contributed by atoms with Crippen LogP contribution in [-0.4, -0.2) is 68.8 Å². The van der Waals surface area contributed by atoms with E-state index >= 15 is 0 Å². The van der Waals surface area contributed by atoms with E-state index in [-0.39, 0.29) is 11.7 Å². The predicted octanol–water partition coefficient (Wildman–Crippen LogP) is -3.37. The summed E-state index contributed by atoms with van der Waals surface area (Å²) in [6.07, 6.45) is -4.95. The fraction of sp³-hybridized carbons (Fsp3) is 0.875. The third-order valence-corrected chi connectivity index (χ3v) is 3.31. The summed E-state index contributed by atoms with van der Waals surface area (Å²) < 4.78 is 4.88. The maximum Gasteiger partial charge on any atom is 0.183 e. The maximum atomic E-state index is 10.0. The lowest BCUT2D eigenvalue weighted by Gasteiger charge is -2.47. The SMILES string of the molecule is OC[C@H]1O[C@@H](O)[C@H](O)[C@@]2(CNC(=S)N2)[C@@H]1O. The van der Waals surface area contributed by atoms with Crippen molar-refractivity contribution in [2.24, 2.45) is 0 Å². The normalized spacial score (nSPS) is 47.9. The first-order valence-electron chi connectivity index (χ1n) is 4.88. The van der Waals surface area contributed by atoms with E-state index in [1.165, 1.54) is 0 Å². The lowest BCUT2D eigenvalue weighted by Crippen LogP contribution is -2.72. The van der Waals surface area contributed by atoms with Crippen molar-refractivity contribution in [3.8, 4) is 0 Å². The van der Waals surface area contributed by atoms with Gasteiger partial charge in [-0.1, -0.05) is 0 Å². The fourth-order valence-electron chi connectivity index (χ4n) is 2.12. The Labute approximate surface area is 97.0 Å². The van der Waals surface area contributed by atoms with Crippen LogP contribution in [0.3, 0.4) is 0 Å². The molecular formula is C8H14N2O5S. The molecule has 0 radical (unpaired) electrons. The van der Waals surface area contributed by atoms with Crippen LogP contribution in [0.5, 0.6) is 0 Å². The van der Waals surface area contributed by atoms with E-state index in [2.05, 4.69) is 10.6 Å². The number of hydrogen-bond donors (Lipinski definition) is 6. The lowest BCUT2D eigenvalue weighted by molar-refractivity contribution is -0.279. The molecule has 0 aromatic heterocycles. The van der Waals surface area contributed by atoms with Crippen molar-refractivity contribution in [1.29, 1.82) is 0 Å². The average molecular weight is 250 g/mol. The molecule has 0 aromatic carbocycles. The van der Waals surface area contributed by atoms with E-state index in [1.807, 2.05) is 0 Å². The summed E-state index contributed by atoms with van der Waals surface area (Å²) in [5.41, 5.74) is -1.22. The monoisotopic (exact) mass is 250 g/mol. The van der Waals surface area contributed by atoms with Crippen molar-refractivity contribution < 1.29 is 25.2 Å². The smallest absolute Gasteiger partial charge is 0.183 e. The second-order valence-electron chi connectivity index (χ2n) is 3.99. The Morgan fingerprint density at radius 2 is 2.06 bits per heavy atom. The molecule has 2 fully saturated rings. The van der Waals surface area contributed by atoms with Gasteiger partial charge >= 0.3 is 0 Å². The molecule has 7 nitrogen and oxygen atoms in total. The van der Waals surface area contributed by atoms with Crippen molar-refractivity contribution in [3.05, 3.63) is 0 Å². The minimum Gasteiger partial charge on any atom is -0.394 e. The number of aliphatic hydroxyl groups excluding tert-OH is 4. The van der Waals surface area contributed by atoms with Crippen molar-refractivity contribution in [2.75, 3.05) is 13.2 Å². The summed E-state index contributed by atoms with van der Waals surface area (Å²) >= 11 is 4.86. The molecule has 0 aromatic rings. The Morgan fingerprint density at radius 3 is 2.56 bits per heavy atom. The van der Waals surface area contributed by atoms with Gasteiger partial charge in [0.15, 0.2) is 11.4 Å². The molecule has 2 rings (SSSR count). The van der Waals surface area contributed by atoms with Crippen LogP contribution in [0.1, 0.15) is 0 Å². The van der Waals surface area contributed by atoms with Gasteiger partial charge in [0.25, 0.3) is 0 Å². The summed E-state index contributed by atoms with van der Waals surface area (Å²) in [4.78, 5) is 0. The van der Waals surface area contributed by atoms with Crippen LogP contribution in [0.25, 0.3) is 0 Å². The van der Waals surface area contributed by atoms with Gasteiger partial charge in [-0.2, -0.15) is 0 Å². The maximum absolute atomic E-state index is 10.0. The molecule has 0 aliphatic carbocycles. The molecular weight excluding hydrogens is 236 g/mol. The minimum absolute atomic E-state index is 0.158. The quantitative estimate of drug-likeness (QED) is 0.267. The molecule has 92 valence electrons. The Balaban J connectivity index is 2.28. The van der Waals surface area contributed by atoms with Crippen molar-refractivity contribution >= 4 is 17.3 Å². The van der Waals surface area contributed by atoms with Crippen LogP contribution in [0.15, 0.2) is 0 Å². The van der Waals surface area contributed by atoms with Gasteiger partial charge in [-0.25, -0.2) is 0 Å². The third-order valence-electron chi connectivity index (χ3n) is 3.06. The van der Waals surface area contributed by atoms with Crippen LogP contribution in [0.2, 0.25) is 0 Å². The second-order valence-corrected chi connectivity index (χ2v) is 4.39. The third kappa shape index (κ3) is 1.58. The second kappa shape index (κ2) is 4.06. The molecule has 2 aliphatic heterocycles. The fourth-order valence-corrected chi connectivity index (χ4v) is 2.38. The molecule has 8 heteroatoms. The number of rotatable bonds is 1. The number of nitrogens with one attached hydrogen (secondary N) is 2. The van der Waals surface area contributed by atoms with E-state index < -0.39 is 36.7 Å². The summed E-state index contributed by atoms with van der Waals surface area (Å²) in [5.74, 6) is 0. The molecule has 6 N–H and O–H groups in total. The van der Waals surface area contributed by atoms with Crippen LogP contribution < -0.4 is 10.6 Å². The van der Waals surface area contributed by atoms with Gasteiger partial charge in [-0.05, 0) is 12.2 Å². The molecule has 5 atom stereocenters. The summed E-state index contributed by atoms with van der Waals surface area (Å²) in [7, 11) is 0. The van der Waals surface area contributed by atoms with E-state index in [0.29, 0.717) is 0 Å². The zero-order valence-corrected chi connectivity index (χ0v) is 9.15. The highest BCUT2D eigenvalue weighted by atomic mass is 32.1. The standard InChI is InChI=1S/C8H14N2O5S/c11-1-3-4(12)8(2-9-7(16)10-8)5(13)6(14)15-3/h3-6,11-14H,1-2H2,(H2,9,10,16)/t3-,4-,5+,6-,8-/m1/s1. The van der Waals surface area contributed by atoms with Gasteiger partial charge in [0, 0.05) is 6.54 Å². The zero-order chi connectivity index (χ0) is 11.9. The first-order chi connectivity index (χ1) is 7.51. The predicted molar refractivity (Wildman–Crippen MR) is 56.4 cm³/mol. The Hall–Kier alpha value is -0.510. The van der Waals surface area contributed by atoms with Gasteiger partial charge < -0.3 is 35.8 Å². The van der Waals surface area contributed by atoms with Crippen LogP contribution >= 0.6 is 12.2 Å². The molecule has 2 saturated heterocycles. The van der Waals surface area contributed by atoms with E-state index in [9.17, 15) is 15.3 Å². The highest BCUT2D eigenvalue weighted by Gasteiger charge is 2.57. The highest BCUT2D eigenvalue weighted by Crippen LogP contribution is 2.30. The number of hydrogen-bond acceptors (Lipinski definition) is 6. The average Bonchev–Trinajstić information content (AvgIpc) is 2.65. The molecule has 0 saturated carbocycles. The lowest BCUT2D eigenvalue weighted by atomic mass is 9.81. The van der Waals surface area contributed by atoms with Gasteiger partial charge in [-0.3, -0.25) is 0 Å². The Bertz CT molecular complexity index is 304. The molecule has 2 aliphatic rings. The van der Waals surface area contributed by atoms with Gasteiger partial charge in [0.2, 0.25) is 0 Å². The number of thiocarbonyl (C=S) groups is 1. The molecule has 2 heterocycles. The number of aliphatic hydroxyl groups is 4. The summed E-state index contributed by atoms with van der Waals surface area (Å²) in [6.45, 7) is -0.299.